The molecule has 0 aromatic heterocycles. The van der Waals surface area contributed by atoms with Crippen LogP contribution in [0.3, 0.4) is 0 Å². The molecular weight excluding hydrogens is 361 g/mol. The summed E-state index contributed by atoms with van der Waals surface area (Å²) in [4.78, 5) is 43.1. The average Bonchev–Trinajstić information content (AvgIpc) is 1.12. The van der Waals surface area contributed by atoms with Crippen molar-refractivity contribution in [2.24, 2.45) is 0 Å². The molecule has 0 saturated carbocycles. The number of hydrogen-bond acceptors (Lipinski definition) is 2. The van der Waals surface area contributed by atoms with Crippen molar-refractivity contribution in [3.05, 3.63) is 0 Å². The standard InChI is InChI=1S/3Na.2H3O4P.2V.3H/c;;;2*1-5(2,3)4;;;;;/h;;;2*(H3,1,2,3,4);;;;;. The fourth-order valence-corrected chi connectivity index (χ4v) is 0. The molecule has 0 aliphatic carbocycles. The van der Waals surface area contributed by atoms with Crippen molar-refractivity contribution in [3.63, 3.8) is 0 Å². The van der Waals surface area contributed by atoms with E-state index in [1.807, 2.05) is 0 Å². The molecule has 0 bridgehead atoms. The second-order valence-electron chi connectivity index (χ2n) is 1.03. The SMILES string of the molecule is O=P(O)(O)O.O=P(O)(O)O.[NaH].[NaH].[NaH].[V].[V]. The molecule has 15 heteroatoms. The molecule has 0 atom stereocenters. The molecule has 0 aliphatic heterocycles. The quantitative estimate of drug-likeness (QED) is 0.187. The van der Waals surface area contributed by atoms with Crippen LogP contribution in [0.5, 0.6) is 0 Å². The molecule has 0 unspecified atom stereocenters. The van der Waals surface area contributed by atoms with E-state index in [0.29, 0.717) is 0 Å². The van der Waals surface area contributed by atoms with Crippen molar-refractivity contribution in [3.8, 4) is 0 Å². The Balaban J connectivity index is -0.0000000128. The van der Waals surface area contributed by atoms with Gasteiger partial charge in [0.05, 0.1) is 0 Å². The molecule has 6 N–H and O–H groups in total. The van der Waals surface area contributed by atoms with E-state index in [1.54, 1.807) is 0 Å². The van der Waals surface area contributed by atoms with Crippen LogP contribution in [0.25, 0.3) is 0 Å². The van der Waals surface area contributed by atoms with Gasteiger partial charge in [0.2, 0.25) is 0 Å². The fraction of sp³-hybridized carbons (Fsp3) is 0. The summed E-state index contributed by atoms with van der Waals surface area (Å²) in [6.45, 7) is 0. The smallest absolute Gasteiger partial charge is 0 e. The molecule has 2 radical (unpaired) electrons. The van der Waals surface area contributed by atoms with Gasteiger partial charge in [0.25, 0.3) is 0 Å². The van der Waals surface area contributed by atoms with Gasteiger partial charge in [0.15, 0.2) is 0 Å². The van der Waals surface area contributed by atoms with Crippen LogP contribution in [0.4, 0.5) is 0 Å². The van der Waals surface area contributed by atoms with Crippen LogP contribution in [-0.4, -0.2) is 118 Å². The van der Waals surface area contributed by atoms with E-state index in [4.69, 9.17) is 38.5 Å². The number of hydrogen-bond donors (Lipinski definition) is 6. The largest absolute Gasteiger partial charge is 0 e. The summed E-state index contributed by atoms with van der Waals surface area (Å²) in [6.07, 6.45) is 0. The molecule has 0 aromatic carbocycles. The Morgan fingerprint density at radius 2 is 0.533 bits per heavy atom. The number of rotatable bonds is 0. The normalized spacial score (nSPS) is 7.87. The van der Waals surface area contributed by atoms with Crippen molar-refractivity contribution < 1.29 is 75.6 Å². The first-order valence-corrected chi connectivity index (χ1v) is 4.70. The third kappa shape index (κ3) is 256. The molecule has 0 heterocycles. The van der Waals surface area contributed by atoms with Crippen molar-refractivity contribution in [2.45, 2.75) is 0 Å². The Morgan fingerprint density at radius 3 is 0.533 bits per heavy atom. The first-order valence-electron chi connectivity index (χ1n) is 1.57. The fourth-order valence-electron chi connectivity index (χ4n) is 0. The van der Waals surface area contributed by atoms with Crippen molar-refractivity contribution in [2.75, 3.05) is 0 Å². The Bertz CT molecular complexity index is 138. The molecule has 0 amide bonds. The van der Waals surface area contributed by atoms with Gasteiger partial charge in [-0.05, 0) is 0 Å². The predicted molar refractivity (Wildman–Crippen MR) is 50.0 cm³/mol. The van der Waals surface area contributed by atoms with Gasteiger partial charge in [0.1, 0.15) is 0 Å². The van der Waals surface area contributed by atoms with E-state index in [0.717, 1.165) is 0 Å². The zero-order valence-electron chi connectivity index (χ0n) is 5.29. The maximum atomic E-state index is 8.88. The van der Waals surface area contributed by atoms with Crippen molar-refractivity contribution >= 4 is 104 Å². The minimum atomic E-state index is -4.64. The molecule has 0 aromatic rings. The Kier molecular flexibility index (Phi) is 59.0. The van der Waals surface area contributed by atoms with Gasteiger partial charge in [-0.2, -0.15) is 0 Å². The molecule has 8 nitrogen and oxygen atoms in total. The van der Waals surface area contributed by atoms with E-state index < -0.39 is 15.6 Å². The molecule has 80 valence electrons. The summed E-state index contributed by atoms with van der Waals surface area (Å²) >= 11 is 0. The van der Waals surface area contributed by atoms with Gasteiger partial charge >= 0.3 is 104 Å². The Hall–Kier alpha value is 4.39. The zero-order chi connectivity index (χ0) is 9.00. The molecule has 0 saturated heterocycles. The van der Waals surface area contributed by atoms with E-state index in [-0.39, 0.29) is 126 Å². The monoisotopic (exact) mass is 370 g/mol. The molecule has 0 aliphatic rings. The molecule has 0 rings (SSSR count). The first-order chi connectivity index (χ1) is 4.00. The minimum absolute atomic E-state index is 0. The Morgan fingerprint density at radius 1 is 0.533 bits per heavy atom. The van der Waals surface area contributed by atoms with Gasteiger partial charge in [-0.15, -0.1) is 0 Å². The maximum absolute atomic E-state index is 8.88. The van der Waals surface area contributed by atoms with Crippen LogP contribution in [0.1, 0.15) is 0 Å². The topological polar surface area (TPSA) is 156 Å². The van der Waals surface area contributed by atoms with Gasteiger partial charge in [-0.25, -0.2) is 9.13 Å². The Labute approximate surface area is 177 Å². The van der Waals surface area contributed by atoms with Crippen molar-refractivity contribution in [1.82, 2.24) is 0 Å². The summed E-state index contributed by atoms with van der Waals surface area (Å²) in [6, 6.07) is 0. The zero-order valence-corrected chi connectivity index (χ0v) is 9.87. The minimum Gasteiger partial charge on any atom is 0 e. The summed E-state index contributed by atoms with van der Waals surface area (Å²) in [5.74, 6) is 0. The number of phosphoric acid groups is 2. The molecule has 15 heavy (non-hydrogen) atoms. The van der Waals surface area contributed by atoms with E-state index >= 15 is 0 Å². The summed E-state index contributed by atoms with van der Waals surface area (Å²) in [7, 11) is -9.28. The molecular formula is H9Na3O8P2V2. The van der Waals surface area contributed by atoms with E-state index in [2.05, 4.69) is 0 Å². The third-order valence-electron chi connectivity index (χ3n) is 0. The second kappa shape index (κ2) is 20.7. The van der Waals surface area contributed by atoms with Gasteiger partial charge in [-0.1, -0.05) is 0 Å². The van der Waals surface area contributed by atoms with E-state index in [1.165, 1.54) is 0 Å². The van der Waals surface area contributed by atoms with Crippen LogP contribution in [0.15, 0.2) is 0 Å². The second-order valence-corrected chi connectivity index (χ2v) is 3.08. The van der Waals surface area contributed by atoms with Crippen LogP contribution in [-0.2, 0) is 46.2 Å². The molecule has 0 fully saturated rings. The molecule has 0 spiro atoms. The van der Waals surface area contributed by atoms with Crippen LogP contribution in [0.2, 0.25) is 0 Å². The van der Waals surface area contributed by atoms with Crippen molar-refractivity contribution in [1.29, 1.82) is 0 Å². The summed E-state index contributed by atoms with van der Waals surface area (Å²) in [5.41, 5.74) is 0. The first kappa shape index (κ1) is 42.7. The van der Waals surface area contributed by atoms with E-state index in [9.17, 15) is 0 Å². The van der Waals surface area contributed by atoms with Gasteiger partial charge in [0, 0.05) is 37.1 Å². The average molecular weight is 370 g/mol. The summed E-state index contributed by atoms with van der Waals surface area (Å²) in [5, 5.41) is 0. The predicted octanol–water partition coefficient (Wildman–Crippen LogP) is -3.81. The van der Waals surface area contributed by atoms with Gasteiger partial charge in [-0.3, -0.25) is 0 Å². The van der Waals surface area contributed by atoms with Crippen LogP contribution in [0, 0.1) is 0 Å². The maximum Gasteiger partial charge on any atom is 0 e. The third-order valence-corrected chi connectivity index (χ3v) is 0. The van der Waals surface area contributed by atoms with Crippen LogP contribution >= 0.6 is 15.6 Å². The van der Waals surface area contributed by atoms with Crippen LogP contribution < -0.4 is 0 Å². The summed E-state index contributed by atoms with van der Waals surface area (Å²) < 4.78 is 17.8. The van der Waals surface area contributed by atoms with Gasteiger partial charge < -0.3 is 29.4 Å².